The van der Waals surface area contributed by atoms with Crippen molar-refractivity contribution in [2.75, 3.05) is 5.32 Å². The number of anilines is 1. The monoisotopic (exact) mass is 464 g/mol. The van der Waals surface area contributed by atoms with E-state index in [1.807, 2.05) is 12.1 Å². The van der Waals surface area contributed by atoms with E-state index in [0.717, 1.165) is 21.9 Å². The number of fused-ring (bicyclic) bond motifs is 1. The van der Waals surface area contributed by atoms with E-state index in [0.29, 0.717) is 35.7 Å². The molecule has 0 saturated heterocycles. The lowest BCUT2D eigenvalue weighted by molar-refractivity contribution is -0.141. The van der Waals surface area contributed by atoms with Gasteiger partial charge in [0.05, 0.1) is 24.0 Å². The molecule has 0 bridgehead atoms. The highest BCUT2D eigenvalue weighted by molar-refractivity contribution is 6.30. The minimum absolute atomic E-state index is 0.139. The Morgan fingerprint density at radius 1 is 1.22 bits per heavy atom. The molecule has 32 heavy (non-hydrogen) atoms. The Balaban J connectivity index is 1.53. The van der Waals surface area contributed by atoms with Gasteiger partial charge in [0.2, 0.25) is 0 Å². The quantitative estimate of drug-likeness (QED) is 0.523. The topological polar surface area (TPSA) is 79.2 Å². The predicted molar refractivity (Wildman–Crippen MR) is 114 cm³/mol. The van der Waals surface area contributed by atoms with Crippen LogP contribution >= 0.6 is 11.6 Å². The third-order valence-corrected chi connectivity index (χ3v) is 5.50. The standard InChI is InChI=1S/C22H20ClF3N4O2/c23-14-4-2-5-15(9-14)30-16(10-20(29-30)22(24,25)26)12-27-21(32)28-19-6-1-3-13-7-8-17(31)11-18(13)19/h1-6,9-10,17,31H,7-8,11-12H2,(H2,27,28,32)/t17-/m0/s1. The molecule has 0 spiro atoms. The molecular weight excluding hydrogens is 445 g/mol. The summed E-state index contributed by atoms with van der Waals surface area (Å²) in [6.07, 6.45) is -3.29. The number of nitrogens with one attached hydrogen (secondary N) is 2. The van der Waals surface area contributed by atoms with Crippen molar-refractivity contribution < 1.29 is 23.1 Å². The molecule has 10 heteroatoms. The zero-order chi connectivity index (χ0) is 22.9. The van der Waals surface area contributed by atoms with Crippen molar-refractivity contribution in [3.8, 4) is 5.69 Å². The molecule has 4 rings (SSSR count). The fraction of sp³-hybridized carbons (Fsp3) is 0.273. The van der Waals surface area contributed by atoms with Crippen LogP contribution in [-0.4, -0.2) is 27.0 Å². The molecule has 0 fully saturated rings. The molecule has 1 aromatic heterocycles. The van der Waals surface area contributed by atoms with Gasteiger partial charge in [0, 0.05) is 17.1 Å². The number of aryl methyl sites for hydroxylation is 1. The number of aromatic nitrogens is 2. The number of hydrogen-bond acceptors (Lipinski definition) is 3. The minimum atomic E-state index is -4.63. The Morgan fingerprint density at radius 2 is 2.00 bits per heavy atom. The SMILES string of the molecule is O=C(NCc1cc(C(F)(F)F)nn1-c1cccc(Cl)c1)Nc1cccc2c1C[C@@H](O)CC2. The van der Waals surface area contributed by atoms with Crippen LogP contribution in [0.15, 0.2) is 48.5 Å². The van der Waals surface area contributed by atoms with Crippen molar-refractivity contribution >= 4 is 23.3 Å². The number of amides is 2. The molecule has 0 radical (unpaired) electrons. The van der Waals surface area contributed by atoms with Gasteiger partial charge in [0.25, 0.3) is 0 Å². The molecule has 0 saturated carbocycles. The summed E-state index contributed by atoms with van der Waals surface area (Å²) in [6.45, 7) is -0.195. The number of urea groups is 1. The van der Waals surface area contributed by atoms with Crippen LogP contribution in [0.1, 0.15) is 28.9 Å². The fourth-order valence-corrected chi connectivity index (χ4v) is 3.92. The molecule has 0 aliphatic heterocycles. The van der Waals surface area contributed by atoms with E-state index in [9.17, 15) is 23.1 Å². The Bertz CT molecular complexity index is 1150. The van der Waals surface area contributed by atoms with Crippen molar-refractivity contribution in [3.05, 3.63) is 76.1 Å². The average Bonchev–Trinajstić information content (AvgIpc) is 3.18. The van der Waals surface area contributed by atoms with Gasteiger partial charge in [-0.05, 0) is 54.3 Å². The van der Waals surface area contributed by atoms with E-state index in [1.165, 1.54) is 6.07 Å². The molecule has 2 amide bonds. The number of carbonyl (C=O) groups is 1. The molecule has 1 aliphatic carbocycles. The van der Waals surface area contributed by atoms with Gasteiger partial charge in [0.1, 0.15) is 0 Å². The average molecular weight is 465 g/mol. The summed E-state index contributed by atoms with van der Waals surface area (Å²) in [5.41, 5.74) is 1.90. The normalized spacial score (nSPS) is 15.8. The number of carbonyl (C=O) groups excluding carboxylic acids is 1. The number of aliphatic hydroxyl groups is 1. The van der Waals surface area contributed by atoms with Crippen LogP contribution in [0, 0.1) is 0 Å². The highest BCUT2D eigenvalue weighted by Crippen LogP contribution is 2.30. The maximum absolute atomic E-state index is 13.2. The first-order valence-electron chi connectivity index (χ1n) is 9.96. The number of aliphatic hydroxyl groups excluding tert-OH is 1. The summed E-state index contributed by atoms with van der Waals surface area (Å²) < 4.78 is 40.8. The highest BCUT2D eigenvalue weighted by Gasteiger charge is 2.35. The lowest BCUT2D eigenvalue weighted by Gasteiger charge is -2.23. The van der Waals surface area contributed by atoms with E-state index in [4.69, 9.17) is 11.6 Å². The third-order valence-electron chi connectivity index (χ3n) is 5.26. The summed E-state index contributed by atoms with van der Waals surface area (Å²) in [6, 6.07) is 12.1. The van der Waals surface area contributed by atoms with Crippen LogP contribution in [-0.2, 0) is 25.6 Å². The second-order valence-corrected chi connectivity index (χ2v) is 7.99. The summed E-state index contributed by atoms with van der Waals surface area (Å²) in [4.78, 5) is 12.5. The lowest BCUT2D eigenvalue weighted by atomic mass is 9.88. The zero-order valence-electron chi connectivity index (χ0n) is 16.8. The molecule has 1 atom stereocenters. The molecule has 168 valence electrons. The molecule has 1 heterocycles. The second kappa shape index (κ2) is 8.84. The summed E-state index contributed by atoms with van der Waals surface area (Å²) in [5.74, 6) is 0. The van der Waals surface area contributed by atoms with Crippen molar-refractivity contribution in [1.29, 1.82) is 0 Å². The van der Waals surface area contributed by atoms with Gasteiger partial charge in [-0.15, -0.1) is 0 Å². The van der Waals surface area contributed by atoms with Gasteiger partial charge in [-0.3, -0.25) is 0 Å². The van der Waals surface area contributed by atoms with E-state index in [-0.39, 0.29) is 12.2 Å². The van der Waals surface area contributed by atoms with Crippen LogP contribution in [0.5, 0.6) is 0 Å². The maximum atomic E-state index is 13.2. The van der Waals surface area contributed by atoms with E-state index >= 15 is 0 Å². The van der Waals surface area contributed by atoms with Crippen LogP contribution < -0.4 is 10.6 Å². The molecule has 3 aromatic rings. The van der Waals surface area contributed by atoms with Gasteiger partial charge in [-0.2, -0.15) is 18.3 Å². The molecular formula is C22H20ClF3N4O2. The number of nitrogens with zero attached hydrogens (tertiary/aromatic N) is 2. The summed E-state index contributed by atoms with van der Waals surface area (Å²) in [7, 11) is 0. The summed E-state index contributed by atoms with van der Waals surface area (Å²) in [5, 5.41) is 19.3. The first kappa shape index (κ1) is 22.2. The zero-order valence-corrected chi connectivity index (χ0v) is 17.5. The Hall–Kier alpha value is -3.04. The Kier molecular flexibility index (Phi) is 6.12. The third kappa shape index (κ3) is 4.89. The first-order valence-corrected chi connectivity index (χ1v) is 10.3. The van der Waals surface area contributed by atoms with Crippen LogP contribution in [0.4, 0.5) is 23.7 Å². The van der Waals surface area contributed by atoms with Gasteiger partial charge in [-0.25, -0.2) is 9.48 Å². The van der Waals surface area contributed by atoms with Crippen molar-refractivity contribution in [1.82, 2.24) is 15.1 Å². The van der Waals surface area contributed by atoms with E-state index in [1.54, 1.807) is 24.3 Å². The number of halogens is 4. The maximum Gasteiger partial charge on any atom is 0.435 e. The van der Waals surface area contributed by atoms with Crippen molar-refractivity contribution in [2.45, 2.75) is 38.1 Å². The Morgan fingerprint density at radius 3 is 2.75 bits per heavy atom. The van der Waals surface area contributed by atoms with Gasteiger partial charge in [0.15, 0.2) is 5.69 Å². The second-order valence-electron chi connectivity index (χ2n) is 7.56. The van der Waals surface area contributed by atoms with Gasteiger partial charge >= 0.3 is 12.2 Å². The van der Waals surface area contributed by atoms with E-state index in [2.05, 4.69) is 15.7 Å². The lowest BCUT2D eigenvalue weighted by Crippen LogP contribution is -2.30. The number of hydrogen-bond donors (Lipinski definition) is 3. The first-order chi connectivity index (χ1) is 15.2. The van der Waals surface area contributed by atoms with E-state index < -0.39 is 24.0 Å². The Labute approximate surface area is 187 Å². The number of rotatable bonds is 4. The van der Waals surface area contributed by atoms with Crippen LogP contribution in [0.25, 0.3) is 5.69 Å². The van der Waals surface area contributed by atoms with Crippen molar-refractivity contribution in [2.24, 2.45) is 0 Å². The smallest absolute Gasteiger partial charge is 0.393 e. The largest absolute Gasteiger partial charge is 0.435 e. The van der Waals surface area contributed by atoms with Gasteiger partial charge < -0.3 is 15.7 Å². The highest BCUT2D eigenvalue weighted by atomic mass is 35.5. The molecule has 6 nitrogen and oxygen atoms in total. The molecule has 1 aliphatic rings. The van der Waals surface area contributed by atoms with Crippen molar-refractivity contribution in [3.63, 3.8) is 0 Å². The fourth-order valence-electron chi connectivity index (χ4n) is 3.74. The minimum Gasteiger partial charge on any atom is -0.393 e. The number of benzene rings is 2. The molecule has 2 aromatic carbocycles. The summed E-state index contributed by atoms with van der Waals surface area (Å²) >= 11 is 5.97. The molecule has 3 N–H and O–H groups in total. The van der Waals surface area contributed by atoms with Crippen LogP contribution in [0.3, 0.4) is 0 Å². The molecule has 0 unspecified atom stereocenters. The predicted octanol–water partition coefficient (Wildman–Crippen LogP) is 4.72. The van der Waals surface area contributed by atoms with Gasteiger partial charge in [-0.1, -0.05) is 29.8 Å². The number of alkyl halides is 3. The van der Waals surface area contributed by atoms with Crippen LogP contribution in [0.2, 0.25) is 5.02 Å².